The van der Waals surface area contributed by atoms with Crippen LogP contribution in [0.3, 0.4) is 0 Å². The molecular formula is C17H17ClFN3O3S. The summed E-state index contributed by atoms with van der Waals surface area (Å²) in [5.74, 6) is -0.916. The van der Waals surface area contributed by atoms with Crippen molar-refractivity contribution < 1.29 is 18.4 Å². The van der Waals surface area contributed by atoms with Crippen molar-refractivity contribution in [3.63, 3.8) is 0 Å². The lowest BCUT2D eigenvalue weighted by atomic mass is 10.1. The third-order valence-corrected chi connectivity index (χ3v) is 4.59. The van der Waals surface area contributed by atoms with Gasteiger partial charge in [0.15, 0.2) is 5.11 Å². The first-order valence-electron chi connectivity index (χ1n) is 8.08. The van der Waals surface area contributed by atoms with Gasteiger partial charge in [-0.3, -0.25) is 10.1 Å². The predicted molar refractivity (Wildman–Crippen MR) is 98.7 cm³/mol. The van der Waals surface area contributed by atoms with Crippen LogP contribution in [0.25, 0.3) is 11.3 Å². The zero-order valence-corrected chi connectivity index (χ0v) is 15.5. The van der Waals surface area contributed by atoms with Crippen molar-refractivity contribution in [2.75, 3.05) is 13.2 Å². The lowest BCUT2D eigenvalue weighted by Gasteiger charge is -2.13. The van der Waals surface area contributed by atoms with Gasteiger partial charge in [-0.25, -0.2) is 4.39 Å². The third kappa shape index (κ3) is 4.03. The molecule has 1 saturated heterocycles. The number of carbonyl (C=O) groups excluding carboxylic acids is 1. The van der Waals surface area contributed by atoms with Crippen LogP contribution in [0.15, 0.2) is 22.7 Å². The minimum absolute atomic E-state index is 0.00870. The van der Waals surface area contributed by atoms with Gasteiger partial charge < -0.3 is 14.6 Å². The summed E-state index contributed by atoms with van der Waals surface area (Å²) >= 11 is 11.2. The number of hydrogen-bond donors (Lipinski definition) is 2. The number of benzene rings is 1. The normalized spacial score (nSPS) is 16.5. The topological polar surface area (TPSA) is 76.4 Å². The highest BCUT2D eigenvalue weighted by Gasteiger charge is 2.26. The van der Waals surface area contributed by atoms with E-state index in [1.165, 1.54) is 18.2 Å². The van der Waals surface area contributed by atoms with E-state index in [9.17, 15) is 9.18 Å². The second-order valence-electron chi connectivity index (χ2n) is 5.86. The number of amides is 1. The van der Waals surface area contributed by atoms with E-state index in [4.69, 9.17) is 33.1 Å². The van der Waals surface area contributed by atoms with Crippen LogP contribution in [0.2, 0.25) is 5.02 Å². The van der Waals surface area contributed by atoms with Crippen LogP contribution in [-0.2, 0) is 4.74 Å². The number of halogens is 2. The molecule has 0 bridgehead atoms. The minimum Gasteiger partial charge on any atom is -0.376 e. The summed E-state index contributed by atoms with van der Waals surface area (Å²) in [5, 5.41) is 9.58. The second-order valence-corrected chi connectivity index (χ2v) is 6.67. The van der Waals surface area contributed by atoms with Crippen molar-refractivity contribution >= 4 is 34.8 Å². The number of aromatic nitrogens is 1. The first-order chi connectivity index (χ1) is 12.5. The van der Waals surface area contributed by atoms with Gasteiger partial charge in [0.05, 0.1) is 16.7 Å². The molecule has 6 nitrogen and oxygen atoms in total. The molecule has 0 spiro atoms. The SMILES string of the molecule is Cc1onc(-c2c(F)cccc2Cl)c1C(=O)NC(=S)NCC1CCCO1. The summed E-state index contributed by atoms with van der Waals surface area (Å²) in [4.78, 5) is 12.6. The van der Waals surface area contributed by atoms with Crippen LogP contribution in [0.4, 0.5) is 4.39 Å². The van der Waals surface area contributed by atoms with Crippen LogP contribution in [-0.4, -0.2) is 35.4 Å². The van der Waals surface area contributed by atoms with E-state index in [1.807, 2.05) is 0 Å². The number of nitrogens with one attached hydrogen (secondary N) is 2. The Balaban J connectivity index is 1.75. The molecule has 1 aromatic heterocycles. The fourth-order valence-corrected chi connectivity index (χ4v) is 3.18. The first-order valence-corrected chi connectivity index (χ1v) is 8.87. The van der Waals surface area contributed by atoms with Gasteiger partial charge in [-0.2, -0.15) is 0 Å². The average Bonchev–Trinajstić information content (AvgIpc) is 3.23. The summed E-state index contributed by atoms with van der Waals surface area (Å²) in [6.45, 7) is 2.80. The Morgan fingerprint density at radius 3 is 3.00 bits per heavy atom. The van der Waals surface area contributed by atoms with Gasteiger partial charge in [-0.15, -0.1) is 0 Å². The van der Waals surface area contributed by atoms with Crippen LogP contribution < -0.4 is 10.6 Å². The molecular weight excluding hydrogens is 381 g/mol. The predicted octanol–water partition coefficient (Wildman–Crippen LogP) is 3.23. The number of aryl methyl sites for hydroxylation is 1. The monoisotopic (exact) mass is 397 g/mol. The standard InChI is InChI=1S/C17H17ClFN3O3S/c1-9-13(15(22-25-9)14-11(18)5-2-6-12(14)19)16(23)21-17(26)20-8-10-4-3-7-24-10/h2,5-6,10H,3-4,7-8H2,1H3,(H2,20,21,23,26). The number of carbonyl (C=O) groups is 1. The molecule has 3 rings (SSSR count). The molecule has 1 amide bonds. The molecule has 2 aromatic rings. The Bertz CT molecular complexity index is 816. The molecule has 1 unspecified atom stereocenters. The molecule has 0 saturated carbocycles. The lowest BCUT2D eigenvalue weighted by molar-refractivity contribution is 0.0972. The van der Waals surface area contributed by atoms with Crippen molar-refractivity contribution in [2.45, 2.75) is 25.9 Å². The highest BCUT2D eigenvalue weighted by Crippen LogP contribution is 2.33. The smallest absolute Gasteiger partial charge is 0.263 e. The van der Waals surface area contributed by atoms with Crippen molar-refractivity contribution in [2.24, 2.45) is 0 Å². The van der Waals surface area contributed by atoms with Crippen molar-refractivity contribution in [1.82, 2.24) is 15.8 Å². The largest absolute Gasteiger partial charge is 0.376 e. The Morgan fingerprint density at radius 1 is 1.50 bits per heavy atom. The number of thiocarbonyl (C=S) groups is 1. The highest BCUT2D eigenvalue weighted by atomic mass is 35.5. The molecule has 0 aliphatic carbocycles. The van der Waals surface area contributed by atoms with E-state index in [1.54, 1.807) is 6.92 Å². The van der Waals surface area contributed by atoms with Crippen molar-refractivity contribution in [3.05, 3.63) is 40.4 Å². The van der Waals surface area contributed by atoms with E-state index >= 15 is 0 Å². The molecule has 26 heavy (non-hydrogen) atoms. The molecule has 1 aromatic carbocycles. The maximum atomic E-state index is 14.2. The fraction of sp³-hybridized carbons (Fsp3) is 0.353. The lowest BCUT2D eigenvalue weighted by Crippen LogP contribution is -2.42. The summed E-state index contributed by atoms with van der Waals surface area (Å²) in [5.41, 5.74) is 0.123. The van der Waals surface area contributed by atoms with Crippen molar-refractivity contribution in [1.29, 1.82) is 0 Å². The van der Waals surface area contributed by atoms with Crippen LogP contribution in [0.5, 0.6) is 0 Å². The van der Waals surface area contributed by atoms with Gasteiger partial charge in [0.2, 0.25) is 0 Å². The summed E-state index contributed by atoms with van der Waals surface area (Å²) in [7, 11) is 0. The molecule has 138 valence electrons. The molecule has 1 atom stereocenters. The van der Waals surface area contributed by atoms with Crippen molar-refractivity contribution in [3.8, 4) is 11.3 Å². The average molecular weight is 398 g/mol. The number of ether oxygens (including phenoxy) is 1. The third-order valence-electron chi connectivity index (χ3n) is 4.03. The maximum absolute atomic E-state index is 14.2. The zero-order chi connectivity index (χ0) is 18.7. The summed E-state index contributed by atoms with van der Waals surface area (Å²) in [6, 6.07) is 4.22. The van der Waals surface area contributed by atoms with E-state index in [-0.39, 0.29) is 38.8 Å². The molecule has 1 aliphatic heterocycles. The zero-order valence-electron chi connectivity index (χ0n) is 14.0. The van der Waals surface area contributed by atoms with E-state index in [2.05, 4.69) is 15.8 Å². The minimum atomic E-state index is -0.598. The number of nitrogens with zero attached hydrogens (tertiary/aromatic N) is 1. The van der Waals surface area contributed by atoms with Gasteiger partial charge in [-0.05, 0) is 44.1 Å². The van der Waals surface area contributed by atoms with Crippen LogP contribution in [0.1, 0.15) is 29.0 Å². The first kappa shape index (κ1) is 18.8. The Morgan fingerprint density at radius 2 is 2.31 bits per heavy atom. The fourth-order valence-electron chi connectivity index (χ4n) is 2.76. The van der Waals surface area contributed by atoms with Gasteiger partial charge in [-0.1, -0.05) is 22.8 Å². The summed E-state index contributed by atoms with van der Waals surface area (Å²) in [6.07, 6.45) is 2.04. The quantitative estimate of drug-likeness (QED) is 0.771. The van der Waals surface area contributed by atoms with Crippen LogP contribution >= 0.6 is 23.8 Å². The summed E-state index contributed by atoms with van der Waals surface area (Å²) < 4.78 is 24.8. The highest BCUT2D eigenvalue weighted by molar-refractivity contribution is 7.80. The number of hydrogen-bond acceptors (Lipinski definition) is 5. The maximum Gasteiger partial charge on any atom is 0.263 e. The molecule has 9 heteroatoms. The molecule has 2 N–H and O–H groups in total. The van der Waals surface area contributed by atoms with Gasteiger partial charge in [0, 0.05) is 13.2 Å². The van der Waals surface area contributed by atoms with E-state index in [0.29, 0.717) is 6.54 Å². The molecule has 1 fully saturated rings. The van der Waals surface area contributed by atoms with Gasteiger partial charge >= 0.3 is 0 Å². The number of rotatable bonds is 4. The Labute approximate surface area is 160 Å². The van der Waals surface area contributed by atoms with E-state index in [0.717, 1.165) is 19.4 Å². The molecule has 1 aliphatic rings. The Kier molecular flexibility index (Phi) is 5.85. The van der Waals surface area contributed by atoms with Crippen LogP contribution in [0, 0.1) is 12.7 Å². The Hall–Kier alpha value is -2.03. The van der Waals surface area contributed by atoms with E-state index < -0.39 is 11.7 Å². The second kappa shape index (κ2) is 8.11. The van der Waals surface area contributed by atoms with Gasteiger partial charge in [0.25, 0.3) is 5.91 Å². The molecule has 0 radical (unpaired) electrons. The van der Waals surface area contributed by atoms with Gasteiger partial charge in [0.1, 0.15) is 22.8 Å². The molecule has 2 heterocycles.